The van der Waals surface area contributed by atoms with Crippen molar-refractivity contribution in [3.05, 3.63) is 51.7 Å². The molecule has 2 aromatic rings. The van der Waals surface area contributed by atoms with Gasteiger partial charge in [-0.1, -0.05) is 31.5 Å². The van der Waals surface area contributed by atoms with E-state index in [9.17, 15) is 4.79 Å². The molecule has 1 aliphatic heterocycles. The van der Waals surface area contributed by atoms with Crippen LogP contribution in [0.5, 0.6) is 0 Å². The highest BCUT2D eigenvalue weighted by Gasteiger charge is 2.26. The SMILES string of the molecule is CC[C@H]1CCc2sc(C(=O)N3CCN(c4ccccc4)CC3)cc2C1. The fraction of sp³-hybridized carbons (Fsp3) is 0.476. The summed E-state index contributed by atoms with van der Waals surface area (Å²) in [7, 11) is 0. The zero-order valence-electron chi connectivity index (χ0n) is 14.9. The largest absolute Gasteiger partial charge is 0.368 e. The lowest BCUT2D eigenvalue weighted by molar-refractivity contribution is 0.0751. The number of carbonyl (C=O) groups is 1. The Morgan fingerprint density at radius 3 is 2.64 bits per heavy atom. The average Bonchev–Trinajstić information content (AvgIpc) is 3.11. The second kappa shape index (κ2) is 7.20. The lowest BCUT2D eigenvalue weighted by atomic mass is 9.87. The Hall–Kier alpha value is -1.81. The highest BCUT2D eigenvalue weighted by molar-refractivity contribution is 7.14. The van der Waals surface area contributed by atoms with Gasteiger partial charge in [0.1, 0.15) is 0 Å². The van der Waals surface area contributed by atoms with Crippen LogP contribution < -0.4 is 4.90 Å². The first-order valence-corrected chi connectivity index (χ1v) is 10.3. The first-order chi connectivity index (χ1) is 12.2. The summed E-state index contributed by atoms with van der Waals surface area (Å²) < 4.78 is 0. The van der Waals surface area contributed by atoms with E-state index >= 15 is 0 Å². The maximum Gasteiger partial charge on any atom is 0.264 e. The summed E-state index contributed by atoms with van der Waals surface area (Å²) in [6.45, 7) is 5.74. The molecule has 4 rings (SSSR count). The molecule has 0 spiro atoms. The van der Waals surface area contributed by atoms with Crippen molar-refractivity contribution < 1.29 is 4.79 Å². The summed E-state index contributed by atoms with van der Waals surface area (Å²) in [5.41, 5.74) is 2.70. The molecule has 2 heterocycles. The van der Waals surface area contributed by atoms with Crippen LogP contribution in [0.4, 0.5) is 5.69 Å². The summed E-state index contributed by atoms with van der Waals surface area (Å²) in [6.07, 6.45) is 4.86. The summed E-state index contributed by atoms with van der Waals surface area (Å²) in [4.78, 5) is 19.7. The molecule has 4 heteroatoms. The smallest absolute Gasteiger partial charge is 0.264 e. The van der Waals surface area contributed by atoms with Gasteiger partial charge in [0.25, 0.3) is 5.91 Å². The third-order valence-corrected chi connectivity index (χ3v) is 6.89. The summed E-state index contributed by atoms with van der Waals surface area (Å²) in [5, 5.41) is 0. The average molecular weight is 355 g/mol. The number of thiophene rings is 1. The molecular weight excluding hydrogens is 328 g/mol. The van der Waals surface area contributed by atoms with Crippen LogP contribution in [0.1, 0.15) is 39.9 Å². The molecule has 0 saturated carbocycles. The van der Waals surface area contributed by atoms with Crippen molar-refractivity contribution in [1.82, 2.24) is 4.90 Å². The molecule has 25 heavy (non-hydrogen) atoms. The van der Waals surface area contributed by atoms with Crippen LogP contribution in [0.2, 0.25) is 0 Å². The number of rotatable bonds is 3. The Morgan fingerprint density at radius 2 is 1.92 bits per heavy atom. The van der Waals surface area contributed by atoms with E-state index in [4.69, 9.17) is 0 Å². The molecular formula is C21H26N2OS. The highest BCUT2D eigenvalue weighted by Crippen LogP contribution is 2.34. The van der Waals surface area contributed by atoms with Gasteiger partial charge in [-0.15, -0.1) is 11.3 Å². The van der Waals surface area contributed by atoms with Gasteiger partial charge in [-0.2, -0.15) is 0 Å². The second-order valence-electron chi connectivity index (χ2n) is 7.19. The summed E-state index contributed by atoms with van der Waals surface area (Å²) in [5.74, 6) is 1.04. The summed E-state index contributed by atoms with van der Waals surface area (Å²) in [6, 6.07) is 12.7. The van der Waals surface area contributed by atoms with Gasteiger partial charge in [-0.05, 0) is 48.9 Å². The number of aryl methyl sites for hydroxylation is 1. The topological polar surface area (TPSA) is 23.6 Å². The number of fused-ring (bicyclic) bond motifs is 1. The molecule has 0 N–H and O–H groups in total. The number of hydrogen-bond acceptors (Lipinski definition) is 3. The number of anilines is 1. The predicted molar refractivity (Wildman–Crippen MR) is 105 cm³/mol. The zero-order chi connectivity index (χ0) is 17.2. The van der Waals surface area contributed by atoms with E-state index in [2.05, 4.69) is 42.2 Å². The van der Waals surface area contributed by atoms with Gasteiger partial charge in [-0.3, -0.25) is 4.79 Å². The number of amides is 1. The minimum Gasteiger partial charge on any atom is -0.368 e. The fourth-order valence-electron chi connectivity index (χ4n) is 4.02. The lowest BCUT2D eigenvalue weighted by Crippen LogP contribution is -2.48. The molecule has 1 aromatic heterocycles. The van der Waals surface area contributed by atoms with Crippen LogP contribution >= 0.6 is 11.3 Å². The van der Waals surface area contributed by atoms with Gasteiger partial charge in [0.15, 0.2) is 0 Å². The number of hydrogen-bond donors (Lipinski definition) is 0. The first-order valence-electron chi connectivity index (χ1n) is 9.45. The molecule has 2 aliphatic rings. The zero-order valence-corrected chi connectivity index (χ0v) is 15.7. The van der Waals surface area contributed by atoms with Crippen molar-refractivity contribution in [2.45, 2.75) is 32.6 Å². The van der Waals surface area contributed by atoms with Crippen LogP contribution in [0.3, 0.4) is 0 Å². The molecule has 1 atom stereocenters. The number of carbonyl (C=O) groups excluding carboxylic acids is 1. The van der Waals surface area contributed by atoms with Crippen LogP contribution in [0, 0.1) is 5.92 Å². The van der Waals surface area contributed by atoms with Gasteiger partial charge in [0, 0.05) is 36.7 Å². The van der Waals surface area contributed by atoms with Gasteiger partial charge in [0.2, 0.25) is 0 Å². The fourth-order valence-corrected chi connectivity index (χ4v) is 5.19. The van der Waals surface area contributed by atoms with Crippen molar-refractivity contribution >= 4 is 22.9 Å². The van der Waals surface area contributed by atoms with Gasteiger partial charge in [-0.25, -0.2) is 0 Å². The molecule has 1 fully saturated rings. The minimum atomic E-state index is 0.236. The van der Waals surface area contributed by atoms with Crippen molar-refractivity contribution in [3.8, 4) is 0 Å². The van der Waals surface area contributed by atoms with Crippen molar-refractivity contribution in [3.63, 3.8) is 0 Å². The van der Waals surface area contributed by atoms with Crippen molar-refractivity contribution in [1.29, 1.82) is 0 Å². The Balaban J connectivity index is 1.40. The van der Waals surface area contributed by atoms with Crippen molar-refractivity contribution in [2.75, 3.05) is 31.1 Å². The molecule has 3 nitrogen and oxygen atoms in total. The second-order valence-corrected chi connectivity index (χ2v) is 8.33. The maximum atomic E-state index is 12.9. The third kappa shape index (κ3) is 3.45. The molecule has 132 valence electrons. The van der Waals surface area contributed by atoms with E-state index in [0.29, 0.717) is 0 Å². The van der Waals surface area contributed by atoms with E-state index < -0.39 is 0 Å². The van der Waals surface area contributed by atoms with Crippen LogP contribution in [0.15, 0.2) is 36.4 Å². The third-order valence-electron chi connectivity index (χ3n) is 5.66. The van der Waals surface area contributed by atoms with Crippen LogP contribution in [0.25, 0.3) is 0 Å². The normalized spacial score (nSPS) is 20.4. The molecule has 1 amide bonds. The monoisotopic (exact) mass is 354 g/mol. The number of para-hydroxylation sites is 1. The Labute approximate surface area is 154 Å². The first kappa shape index (κ1) is 16.6. The molecule has 1 aliphatic carbocycles. The van der Waals surface area contributed by atoms with E-state index in [1.807, 2.05) is 11.0 Å². The van der Waals surface area contributed by atoms with Crippen LogP contribution in [-0.2, 0) is 12.8 Å². The van der Waals surface area contributed by atoms with Gasteiger partial charge < -0.3 is 9.80 Å². The number of benzene rings is 1. The Morgan fingerprint density at radius 1 is 1.16 bits per heavy atom. The Kier molecular flexibility index (Phi) is 4.80. The van der Waals surface area contributed by atoms with E-state index in [-0.39, 0.29) is 5.91 Å². The number of piperazine rings is 1. The standard InChI is InChI=1S/C21H26N2OS/c1-2-16-8-9-19-17(14-16)15-20(25-19)21(24)23-12-10-22(11-13-23)18-6-4-3-5-7-18/h3-7,15-16H,2,8-14H2,1H3/t16-/m0/s1. The maximum absolute atomic E-state index is 12.9. The lowest BCUT2D eigenvalue weighted by Gasteiger charge is -2.36. The molecule has 0 bridgehead atoms. The van der Waals surface area contributed by atoms with Gasteiger partial charge >= 0.3 is 0 Å². The Bertz CT molecular complexity index is 732. The van der Waals surface area contributed by atoms with Gasteiger partial charge in [0.05, 0.1) is 4.88 Å². The quantitative estimate of drug-likeness (QED) is 0.824. The highest BCUT2D eigenvalue weighted by atomic mass is 32.1. The predicted octanol–water partition coefficient (Wildman–Crippen LogP) is 4.23. The van der Waals surface area contributed by atoms with E-state index in [1.54, 1.807) is 11.3 Å². The van der Waals surface area contributed by atoms with E-state index in [1.165, 1.54) is 29.0 Å². The number of nitrogens with zero attached hydrogens (tertiary/aromatic N) is 2. The molecule has 0 unspecified atom stereocenters. The van der Waals surface area contributed by atoms with Crippen molar-refractivity contribution in [2.24, 2.45) is 5.92 Å². The summed E-state index contributed by atoms with van der Waals surface area (Å²) >= 11 is 1.74. The minimum absolute atomic E-state index is 0.236. The van der Waals surface area contributed by atoms with E-state index in [0.717, 1.165) is 49.8 Å². The molecule has 1 saturated heterocycles. The van der Waals surface area contributed by atoms with Crippen LogP contribution in [-0.4, -0.2) is 37.0 Å². The molecule has 0 radical (unpaired) electrons. The molecule has 1 aromatic carbocycles.